The van der Waals surface area contributed by atoms with Crippen LogP contribution in [0.2, 0.25) is 0 Å². The molecule has 0 aliphatic carbocycles. The van der Waals surface area contributed by atoms with Crippen LogP contribution in [0.5, 0.6) is 0 Å². The molecule has 5 nitrogen and oxygen atoms in total. The normalized spacial score (nSPS) is 20.4. The van der Waals surface area contributed by atoms with Gasteiger partial charge in [-0.1, -0.05) is 41.9 Å². The molecule has 0 spiro atoms. The first kappa shape index (κ1) is 13.9. The van der Waals surface area contributed by atoms with Crippen molar-refractivity contribution in [3.8, 4) is 0 Å². The van der Waals surface area contributed by atoms with Gasteiger partial charge in [-0.25, -0.2) is 20.2 Å². The summed E-state index contributed by atoms with van der Waals surface area (Å²) < 4.78 is 4.99. The number of nitrogens with one attached hydrogen (secondary N) is 1. The van der Waals surface area contributed by atoms with Gasteiger partial charge in [0.1, 0.15) is 17.0 Å². The van der Waals surface area contributed by atoms with Gasteiger partial charge in [0.2, 0.25) is 0 Å². The van der Waals surface area contributed by atoms with Crippen LogP contribution >= 0.6 is 11.6 Å². The van der Waals surface area contributed by atoms with Crippen molar-refractivity contribution in [3.05, 3.63) is 59.0 Å². The summed E-state index contributed by atoms with van der Waals surface area (Å²) in [5.41, 5.74) is 4.69. The fraction of sp³-hybridized carbons (Fsp3) is 0.200. The number of benzene rings is 1. The summed E-state index contributed by atoms with van der Waals surface area (Å²) in [6.07, 6.45) is 3.46. The highest BCUT2D eigenvalue weighted by Gasteiger charge is 2.32. The zero-order chi connectivity index (χ0) is 14.8. The summed E-state index contributed by atoms with van der Waals surface area (Å²) in [6, 6.07) is 9.17. The van der Waals surface area contributed by atoms with Crippen molar-refractivity contribution in [1.82, 2.24) is 10.4 Å². The van der Waals surface area contributed by atoms with E-state index in [9.17, 15) is 4.79 Å². The number of allylic oxidation sites excluding steroid dienone is 1. The number of carbonyl (C=O) groups is 1. The Bertz CT molecular complexity index is 652. The summed E-state index contributed by atoms with van der Waals surface area (Å²) in [7, 11) is 0. The molecule has 1 N–H and O–H groups in total. The second-order valence-corrected chi connectivity index (χ2v) is 4.94. The van der Waals surface area contributed by atoms with Gasteiger partial charge in [-0.3, -0.25) is 0 Å². The highest BCUT2D eigenvalue weighted by Crippen LogP contribution is 2.27. The Morgan fingerprint density at radius 2 is 2.19 bits per heavy atom. The number of ether oxygens (including phenoxy) is 1. The molecular weight excluding hydrogens is 290 g/mol. The van der Waals surface area contributed by atoms with Gasteiger partial charge in [0.05, 0.1) is 12.3 Å². The third-order valence-electron chi connectivity index (χ3n) is 3.13. The van der Waals surface area contributed by atoms with E-state index in [0.29, 0.717) is 17.6 Å². The predicted octanol–water partition coefficient (Wildman–Crippen LogP) is 2.16. The third kappa shape index (κ3) is 2.70. The highest BCUT2D eigenvalue weighted by molar-refractivity contribution is 6.32. The highest BCUT2D eigenvalue weighted by atomic mass is 35.5. The smallest absolute Gasteiger partial charge is 0.329 e. The van der Waals surface area contributed by atoms with Crippen molar-refractivity contribution in [2.24, 2.45) is 4.99 Å². The topological polar surface area (TPSA) is 53.9 Å². The molecule has 0 fully saturated rings. The van der Waals surface area contributed by atoms with Crippen LogP contribution in [0.25, 0.3) is 0 Å². The lowest BCUT2D eigenvalue weighted by atomic mass is 10.1. The van der Waals surface area contributed by atoms with Crippen LogP contribution in [-0.4, -0.2) is 29.3 Å². The summed E-state index contributed by atoms with van der Waals surface area (Å²) >= 11 is 6.26. The van der Waals surface area contributed by atoms with Crippen LogP contribution in [0.3, 0.4) is 0 Å². The molecule has 0 aromatic heterocycles. The van der Waals surface area contributed by atoms with Gasteiger partial charge in [0.15, 0.2) is 0 Å². The van der Waals surface area contributed by atoms with Gasteiger partial charge in [-0.05, 0) is 13.0 Å². The zero-order valence-electron chi connectivity index (χ0n) is 11.4. The van der Waals surface area contributed by atoms with Crippen molar-refractivity contribution in [1.29, 1.82) is 0 Å². The van der Waals surface area contributed by atoms with E-state index in [1.54, 1.807) is 24.1 Å². The number of fused-ring (bicyclic) bond motifs is 1. The van der Waals surface area contributed by atoms with Gasteiger partial charge in [0.25, 0.3) is 0 Å². The van der Waals surface area contributed by atoms with Crippen LogP contribution in [0.15, 0.2) is 58.5 Å². The quantitative estimate of drug-likeness (QED) is 0.687. The lowest BCUT2D eigenvalue weighted by Crippen LogP contribution is -2.41. The van der Waals surface area contributed by atoms with E-state index in [0.717, 1.165) is 11.3 Å². The first-order valence-electron chi connectivity index (χ1n) is 6.65. The maximum absolute atomic E-state index is 11.8. The fourth-order valence-electron chi connectivity index (χ4n) is 2.17. The van der Waals surface area contributed by atoms with E-state index >= 15 is 0 Å². The predicted molar refractivity (Wildman–Crippen MR) is 80.4 cm³/mol. The summed E-state index contributed by atoms with van der Waals surface area (Å²) in [6.45, 7) is 2.11. The molecule has 0 bridgehead atoms. The molecule has 0 radical (unpaired) electrons. The first-order valence-corrected chi connectivity index (χ1v) is 7.03. The number of esters is 1. The molecule has 0 saturated heterocycles. The molecule has 2 aliphatic heterocycles. The number of hydrogen-bond donors (Lipinski definition) is 1. The Labute approximate surface area is 127 Å². The Kier molecular flexibility index (Phi) is 3.77. The number of rotatable bonds is 3. The first-order chi connectivity index (χ1) is 10.2. The number of hydrogen-bond acceptors (Lipinski definition) is 5. The van der Waals surface area contributed by atoms with Gasteiger partial charge in [0, 0.05) is 11.6 Å². The summed E-state index contributed by atoms with van der Waals surface area (Å²) in [4.78, 5) is 16.3. The van der Waals surface area contributed by atoms with Crippen molar-refractivity contribution in [2.45, 2.75) is 13.0 Å². The Balaban J connectivity index is 1.90. The van der Waals surface area contributed by atoms with Crippen LogP contribution in [0, 0.1) is 0 Å². The Morgan fingerprint density at radius 1 is 1.43 bits per heavy atom. The molecule has 1 unspecified atom stereocenters. The maximum atomic E-state index is 11.8. The Morgan fingerprint density at radius 3 is 2.90 bits per heavy atom. The van der Waals surface area contributed by atoms with Crippen molar-refractivity contribution >= 4 is 23.3 Å². The number of aliphatic imine (C=N–C) groups is 1. The van der Waals surface area contributed by atoms with Gasteiger partial charge in [-0.15, -0.1) is 0 Å². The number of halogens is 1. The minimum absolute atomic E-state index is 0.336. The monoisotopic (exact) mass is 303 g/mol. The number of nitrogens with zero attached hydrogens (tertiary/aromatic N) is 2. The third-order valence-corrected chi connectivity index (χ3v) is 3.41. The minimum atomic E-state index is -0.569. The Hall–Kier alpha value is -2.11. The lowest BCUT2D eigenvalue weighted by molar-refractivity contribution is -0.144. The van der Waals surface area contributed by atoms with E-state index in [2.05, 4.69) is 10.4 Å². The standard InChI is InChI=1S/C15H14ClN3O2/c1-2-21-15(20)12-9-14-17-11(8-13(16)19(14)18-12)10-6-4-3-5-7-10/h3-9,12,18H,2H2,1H3. The molecule has 1 aromatic carbocycles. The van der Waals surface area contributed by atoms with E-state index in [1.807, 2.05) is 30.3 Å². The van der Waals surface area contributed by atoms with Gasteiger partial charge >= 0.3 is 5.97 Å². The molecule has 0 amide bonds. The molecule has 21 heavy (non-hydrogen) atoms. The molecule has 2 aliphatic rings. The summed E-state index contributed by atoms with van der Waals surface area (Å²) in [5.74, 6) is 0.250. The summed E-state index contributed by atoms with van der Waals surface area (Å²) in [5, 5.41) is 2.04. The fourth-order valence-corrected chi connectivity index (χ4v) is 2.41. The van der Waals surface area contributed by atoms with Crippen LogP contribution < -0.4 is 5.43 Å². The molecular formula is C15H14ClN3O2. The van der Waals surface area contributed by atoms with E-state index in [1.165, 1.54) is 0 Å². The maximum Gasteiger partial charge on any atom is 0.329 e. The van der Waals surface area contributed by atoms with E-state index in [-0.39, 0.29) is 5.97 Å². The SMILES string of the molecule is CCOC(=O)C1C=C2N=C(c3ccccc3)C=C(Cl)N2N1. The molecule has 2 heterocycles. The second-order valence-electron chi connectivity index (χ2n) is 4.55. The van der Waals surface area contributed by atoms with Gasteiger partial charge < -0.3 is 4.74 Å². The molecule has 6 heteroatoms. The van der Waals surface area contributed by atoms with E-state index < -0.39 is 6.04 Å². The second kappa shape index (κ2) is 5.71. The zero-order valence-corrected chi connectivity index (χ0v) is 12.2. The molecule has 3 rings (SSSR count). The molecule has 108 valence electrons. The largest absolute Gasteiger partial charge is 0.465 e. The lowest BCUT2D eigenvalue weighted by Gasteiger charge is -2.24. The van der Waals surface area contributed by atoms with Gasteiger partial charge in [-0.2, -0.15) is 0 Å². The van der Waals surface area contributed by atoms with Crippen LogP contribution in [0.1, 0.15) is 12.5 Å². The van der Waals surface area contributed by atoms with Crippen molar-refractivity contribution in [2.75, 3.05) is 6.61 Å². The van der Waals surface area contributed by atoms with E-state index in [4.69, 9.17) is 16.3 Å². The average molecular weight is 304 g/mol. The number of hydrazine groups is 1. The molecule has 0 saturated carbocycles. The van der Waals surface area contributed by atoms with Crippen molar-refractivity contribution in [3.63, 3.8) is 0 Å². The van der Waals surface area contributed by atoms with Crippen molar-refractivity contribution < 1.29 is 9.53 Å². The minimum Gasteiger partial charge on any atom is -0.465 e. The molecule has 1 atom stereocenters. The van der Waals surface area contributed by atoms with Crippen LogP contribution in [0.4, 0.5) is 0 Å². The molecule has 1 aromatic rings. The van der Waals surface area contributed by atoms with Crippen LogP contribution in [-0.2, 0) is 9.53 Å². The average Bonchev–Trinajstić information content (AvgIpc) is 2.93. The number of carbonyl (C=O) groups excluding carboxylic acids is 1.